The van der Waals surface area contributed by atoms with Gasteiger partial charge in [0.05, 0.1) is 12.3 Å². The van der Waals surface area contributed by atoms with Crippen molar-refractivity contribution in [1.82, 2.24) is 39.6 Å². The lowest BCUT2D eigenvalue weighted by Gasteiger charge is -2.30. The van der Waals surface area contributed by atoms with Gasteiger partial charge >= 0.3 is 0 Å². The zero-order chi connectivity index (χ0) is 21.4. The van der Waals surface area contributed by atoms with Gasteiger partial charge in [0, 0.05) is 42.4 Å². The Labute approximate surface area is 178 Å². The van der Waals surface area contributed by atoms with E-state index in [2.05, 4.69) is 30.2 Å². The number of carbonyl (C=O) groups is 1. The van der Waals surface area contributed by atoms with Gasteiger partial charge in [-0.1, -0.05) is 5.16 Å². The Morgan fingerprint density at radius 1 is 1.26 bits per heavy atom. The molecule has 4 aromatic rings. The highest BCUT2D eigenvalue weighted by atomic mass is 16.5. The molecule has 0 N–H and O–H groups in total. The van der Waals surface area contributed by atoms with E-state index in [-0.39, 0.29) is 18.2 Å². The van der Waals surface area contributed by atoms with E-state index in [1.807, 2.05) is 36.9 Å². The number of piperidine rings is 1. The summed E-state index contributed by atoms with van der Waals surface area (Å²) in [5.74, 6) is 2.06. The Kier molecular flexibility index (Phi) is 4.89. The minimum Gasteiger partial charge on any atom is -0.342 e. The second-order valence-electron chi connectivity index (χ2n) is 7.83. The van der Waals surface area contributed by atoms with E-state index in [0.29, 0.717) is 36.4 Å². The highest BCUT2D eigenvalue weighted by molar-refractivity contribution is 5.78. The van der Waals surface area contributed by atoms with Crippen LogP contribution in [0.4, 0.5) is 0 Å². The molecule has 0 aliphatic carbocycles. The molecule has 1 amide bonds. The Balaban J connectivity index is 1.29. The molecular weight excluding hydrogens is 396 g/mol. The second-order valence-corrected chi connectivity index (χ2v) is 7.83. The molecule has 0 spiro atoms. The van der Waals surface area contributed by atoms with Gasteiger partial charge in [-0.25, -0.2) is 9.50 Å². The highest BCUT2D eigenvalue weighted by Gasteiger charge is 2.29. The Hall–Kier alpha value is -3.69. The van der Waals surface area contributed by atoms with E-state index in [0.717, 1.165) is 29.8 Å². The first-order chi connectivity index (χ1) is 15.1. The topological polar surface area (TPSA) is 115 Å². The maximum Gasteiger partial charge on any atom is 0.252 e. The summed E-state index contributed by atoms with van der Waals surface area (Å²) in [6.45, 7) is 5.10. The molecule has 0 unspecified atom stereocenters. The van der Waals surface area contributed by atoms with Crippen LogP contribution in [-0.2, 0) is 11.2 Å². The Morgan fingerprint density at radius 3 is 3.00 bits per heavy atom. The summed E-state index contributed by atoms with van der Waals surface area (Å²) in [5, 5.41) is 8.53. The summed E-state index contributed by atoms with van der Waals surface area (Å²) in [6.07, 6.45) is 5.31. The number of hydrogen-bond acceptors (Lipinski definition) is 8. The van der Waals surface area contributed by atoms with Crippen molar-refractivity contribution in [1.29, 1.82) is 0 Å². The van der Waals surface area contributed by atoms with Crippen molar-refractivity contribution >= 4 is 11.7 Å². The first-order valence-corrected chi connectivity index (χ1v) is 10.3. The van der Waals surface area contributed by atoms with Gasteiger partial charge in [0.25, 0.3) is 5.78 Å². The predicted molar refractivity (Wildman–Crippen MR) is 110 cm³/mol. The van der Waals surface area contributed by atoms with Crippen LogP contribution in [0.5, 0.6) is 0 Å². The third-order valence-corrected chi connectivity index (χ3v) is 5.46. The number of pyridine rings is 1. The number of fused-ring (bicyclic) bond motifs is 1. The number of amides is 1. The Morgan fingerprint density at radius 2 is 2.16 bits per heavy atom. The maximum atomic E-state index is 12.9. The fourth-order valence-electron chi connectivity index (χ4n) is 3.95. The van der Waals surface area contributed by atoms with Crippen LogP contribution >= 0.6 is 0 Å². The molecule has 5 heterocycles. The van der Waals surface area contributed by atoms with Crippen molar-refractivity contribution in [2.45, 2.75) is 39.0 Å². The molecule has 0 bridgehead atoms. The zero-order valence-corrected chi connectivity index (χ0v) is 17.4. The van der Waals surface area contributed by atoms with Crippen LogP contribution in [0.15, 0.2) is 35.1 Å². The minimum atomic E-state index is -0.0121. The number of rotatable bonds is 4. The number of aromatic nitrogens is 7. The van der Waals surface area contributed by atoms with Gasteiger partial charge in [0.2, 0.25) is 17.6 Å². The van der Waals surface area contributed by atoms with E-state index >= 15 is 0 Å². The molecule has 0 radical (unpaired) electrons. The summed E-state index contributed by atoms with van der Waals surface area (Å²) >= 11 is 0. The van der Waals surface area contributed by atoms with Crippen LogP contribution in [0.2, 0.25) is 0 Å². The van der Waals surface area contributed by atoms with Gasteiger partial charge in [-0.05, 0) is 44.9 Å². The molecule has 4 aromatic heterocycles. The molecule has 1 fully saturated rings. The summed E-state index contributed by atoms with van der Waals surface area (Å²) in [6, 6.07) is 5.66. The molecule has 5 rings (SSSR count). The average molecular weight is 418 g/mol. The van der Waals surface area contributed by atoms with Crippen molar-refractivity contribution in [2.75, 3.05) is 13.1 Å². The summed E-state index contributed by atoms with van der Waals surface area (Å²) in [5.41, 5.74) is 2.62. The zero-order valence-electron chi connectivity index (χ0n) is 17.4. The molecule has 1 saturated heterocycles. The monoisotopic (exact) mass is 418 g/mol. The standard InChI is InChI=1S/C21H22N8O2/c1-13-9-14(2)29-21(23-13)24-17(26-29)10-18(30)28-8-4-6-16(12-28)20-25-19(27-31-20)15-5-3-7-22-11-15/h3,5,7,9,11,16H,4,6,8,10,12H2,1-2H3/t16-/m1/s1. The van der Waals surface area contributed by atoms with Crippen LogP contribution in [0.3, 0.4) is 0 Å². The fraction of sp³-hybridized carbons (Fsp3) is 0.381. The molecule has 1 aliphatic heterocycles. The van der Waals surface area contributed by atoms with Crippen molar-refractivity contribution in [2.24, 2.45) is 0 Å². The van der Waals surface area contributed by atoms with Gasteiger partial charge in [-0.3, -0.25) is 9.78 Å². The van der Waals surface area contributed by atoms with E-state index in [1.54, 1.807) is 16.9 Å². The van der Waals surface area contributed by atoms with E-state index in [9.17, 15) is 4.79 Å². The van der Waals surface area contributed by atoms with E-state index in [4.69, 9.17) is 4.52 Å². The van der Waals surface area contributed by atoms with Gasteiger partial charge < -0.3 is 9.42 Å². The second kappa shape index (κ2) is 7.86. The summed E-state index contributed by atoms with van der Waals surface area (Å²) < 4.78 is 7.18. The van der Waals surface area contributed by atoms with Crippen LogP contribution < -0.4 is 0 Å². The lowest BCUT2D eigenvalue weighted by atomic mass is 9.97. The third kappa shape index (κ3) is 3.88. The normalized spacial score (nSPS) is 16.7. The maximum absolute atomic E-state index is 12.9. The number of nitrogens with zero attached hydrogens (tertiary/aromatic N) is 8. The van der Waals surface area contributed by atoms with Crippen molar-refractivity contribution in [3.05, 3.63) is 53.7 Å². The predicted octanol–water partition coefficient (Wildman–Crippen LogP) is 2.13. The van der Waals surface area contributed by atoms with Crippen LogP contribution in [0.25, 0.3) is 17.2 Å². The fourth-order valence-corrected chi connectivity index (χ4v) is 3.95. The van der Waals surface area contributed by atoms with Gasteiger partial charge in [-0.2, -0.15) is 9.97 Å². The van der Waals surface area contributed by atoms with E-state index < -0.39 is 0 Å². The number of hydrogen-bond donors (Lipinski definition) is 0. The summed E-state index contributed by atoms with van der Waals surface area (Å²) in [4.78, 5) is 32.2. The molecule has 31 heavy (non-hydrogen) atoms. The van der Waals surface area contributed by atoms with Crippen molar-refractivity contribution in [3.8, 4) is 11.4 Å². The minimum absolute atomic E-state index is 0.0104. The summed E-state index contributed by atoms with van der Waals surface area (Å²) in [7, 11) is 0. The van der Waals surface area contributed by atoms with Gasteiger partial charge in [0.1, 0.15) is 0 Å². The van der Waals surface area contributed by atoms with Gasteiger partial charge in [-0.15, -0.1) is 5.10 Å². The molecule has 1 atom stereocenters. The third-order valence-electron chi connectivity index (χ3n) is 5.46. The van der Waals surface area contributed by atoms with Crippen LogP contribution in [0.1, 0.15) is 41.9 Å². The van der Waals surface area contributed by atoms with Crippen molar-refractivity contribution in [3.63, 3.8) is 0 Å². The molecule has 0 aromatic carbocycles. The lowest BCUT2D eigenvalue weighted by Crippen LogP contribution is -2.40. The average Bonchev–Trinajstić information content (AvgIpc) is 3.42. The quantitative estimate of drug-likeness (QED) is 0.495. The van der Waals surface area contributed by atoms with Crippen LogP contribution in [0, 0.1) is 13.8 Å². The number of aryl methyl sites for hydroxylation is 2. The number of carbonyl (C=O) groups excluding carboxylic acids is 1. The van der Waals surface area contributed by atoms with Crippen LogP contribution in [-0.4, -0.2) is 58.6 Å². The molecule has 10 heteroatoms. The molecule has 10 nitrogen and oxygen atoms in total. The SMILES string of the molecule is Cc1cc(C)n2nc(CC(=O)N3CCC[C@@H](c4nc(-c5cccnc5)no4)C3)nc2n1. The van der Waals surface area contributed by atoms with E-state index in [1.165, 1.54) is 0 Å². The lowest BCUT2D eigenvalue weighted by molar-refractivity contribution is -0.131. The molecule has 1 aliphatic rings. The highest BCUT2D eigenvalue weighted by Crippen LogP contribution is 2.27. The first-order valence-electron chi connectivity index (χ1n) is 10.3. The molecule has 0 saturated carbocycles. The van der Waals surface area contributed by atoms with Gasteiger partial charge in [0.15, 0.2) is 5.82 Å². The largest absolute Gasteiger partial charge is 0.342 e. The molecule has 158 valence electrons. The smallest absolute Gasteiger partial charge is 0.252 e. The molecular formula is C21H22N8O2. The Bertz CT molecular complexity index is 1230. The number of likely N-dealkylation sites (tertiary alicyclic amines) is 1. The van der Waals surface area contributed by atoms with Crippen molar-refractivity contribution < 1.29 is 9.32 Å². The first kappa shape index (κ1) is 19.3.